The third kappa shape index (κ3) is 4.70. The highest BCUT2D eigenvalue weighted by Crippen LogP contribution is 2.18. The van der Waals surface area contributed by atoms with Crippen molar-refractivity contribution in [3.63, 3.8) is 0 Å². The van der Waals surface area contributed by atoms with Gasteiger partial charge in [-0.3, -0.25) is 9.48 Å². The third-order valence-electron chi connectivity index (χ3n) is 2.54. The molecule has 0 spiro atoms. The number of thioether (sulfide) groups is 1. The number of aliphatic hydroxyl groups is 1. The lowest BCUT2D eigenvalue weighted by Gasteiger charge is -2.22. The number of aryl methyl sites for hydroxylation is 1. The first-order valence-electron chi connectivity index (χ1n) is 6.01. The first kappa shape index (κ1) is 15.0. The number of carbonyl (C=O) groups is 1. The van der Waals surface area contributed by atoms with Gasteiger partial charge in [0.2, 0.25) is 5.91 Å². The summed E-state index contributed by atoms with van der Waals surface area (Å²) in [6.07, 6.45) is 4.42. The standard InChI is InChI=1S/C12H21N3O2S/c1-4-5-18-8-11(16)13-9-12(2,17)10-6-14-15(3)7-10/h6-7,17H,4-5,8-9H2,1-3H3,(H,13,16). The summed E-state index contributed by atoms with van der Waals surface area (Å²) in [5.41, 5.74) is -0.384. The molecule has 0 aliphatic heterocycles. The molecule has 0 bridgehead atoms. The average Bonchev–Trinajstić information content (AvgIpc) is 2.75. The summed E-state index contributed by atoms with van der Waals surface area (Å²) in [6, 6.07) is 0. The Morgan fingerprint density at radius 3 is 2.94 bits per heavy atom. The van der Waals surface area contributed by atoms with E-state index in [9.17, 15) is 9.90 Å². The van der Waals surface area contributed by atoms with Crippen LogP contribution in [0.15, 0.2) is 12.4 Å². The average molecular weight is 271 g/mol. The zero-order chi connectivity index (χ0) is 13.6. The van der Waals surface area contributed by atoms with Crippen molar-refractivity contribution in [2.75, 3.05) is 18.1 Å². The molecule has 5 nitrogen and oxygen atoms in total. The lowest BCUT2D eigenvalue weighted by molar-refractivity contribution is -0.119. The van der Waals surface area contributed by atoms with E-state index in [4.69, 9.17) is 0 Å². The van der Waals surface area contributed by atoms with Gasteiger partial charge in [-0.2, -0.15) is 16.9 Å². The van der Waals surface area contributed by atoms with Crippen LogP contribution in [0.25, 0.3) is 0 Å². The molecule has 0 aliphatic rings. The second kappa shape index (κ2) is 6.80. The molecule has 1 rings (SSSR count). The van der Waals surface area contributed by atoms with E-state index in [0.29, 0.717) is 11.3 Å². The lowest BCUT2D eigenvalue weighted by atomic mass is 10.00. The van der Waals surface area contributed by atoms with Gasteiger partial charge in [-0.15, -0.1) is 0 Å². The molecule has 0 saturated carbocycles. The van der Waals surface area contributed by atoms with Crippen LogP contribution >= 0.6 is 11.8 Å². The van der Waals surface area contributed by atoms with Crippen molar-refractivity contribution >= 4 is 17.7 Å². The summed E-state index contributed by atoms with van der Waals surface area (Å²) < 4.78 is 1.63. The maximum absolute atomic E-state index is 11.5. The van der Waals surface area contributed by atoms with Crippen LogP contribution in [0.4, 0.5) is 0 Å². The van der Waals surface area contributed by atoms with Crippen LogP contribution in [0.2, 0.25) is 0 Å². The van der Waals surface area contributed by atoms with E-state index in [1.165, 1.54) is 0 Å². The van der Waals surface area contributed by atoms with Gasteiger partial charge in [0.1, 0.15) is 5.60 Å². The van der Waals surface area contributed by atoms with E-state index < -0.39 is 5.60 Å². The van der Waals surface area contributed by atoms with E-state index in [1.807, 2.05) is 0 Å². The molecule has 0 aliphatic carbocycles. The van der Waals surface area contributed by atoms with Crippen molar-refractivity contribution in [3.05, 3.63) is 18.0 Å². The Bertz CT molecular complexity index is 390. The molecule has 0 radical (unpaired) electrons. The number of hydrogen-bond acceptors (Lipinski definition) is 4. The number of nitrogens with zero attached hydrogens (tertiary/aromatic N) is 2. The van der Waals surface area contributed by atoms with Crippen LogP contribution in [0.5, 0.6) is 0 Å². The van der Waals surface area contributed by atoms with Crippen LogP contribution in [0.3, 0.4) is 0 Å². The topological polar surface area (TPSA) is 67.2 Å². The smallest absolute Gasteiger partial charge is 0.230 e. The molecule has 0 aromatic carbocycles. The highest BCUT2D eigenvalue weighted by molar-refractivity contribution is 7.99. The molecule has 0 saturated heterocycles. The maximum atomic E-state index is 11.5. The van der Waals surface area contributed by atoms with Gasteiger partial charge in [-0.25, -0.2) is 0 Å². The fourth-order valence-electron chi connectivity index (χ4n) is 1.43. The maximum Gasteiger partial charge on any atom is 0.230 e. The van der Waals surface area contributed by atoms with Gasteiger partial charge in [0, 0.05) is 18.8 Å². The zero-order valence-electron chi connectivity index (χ0n) is 11.1. The minimum atomic E-state index is -1.08. The molecule has 1 aromatic heterocycles. The van der Waals surface area contributed by atoms with Crippen molar-refractivity contribution in [1.82, 2.24) is 15.1 Å². The highest BCUT2D eigenvalue weighted by Gasteiger charge is 2.25. The Hall–Kier alpha value is -1.01. The molecular formula is C12H21N3O2S. The molecule has 6 heteroatoms. The van der Waals surface area contributed by atoms with Crippen LogP contribution in [0.1, 0.15) is 25.8 Å². The fourth-order valence-corrected chi connectivity index (χ4v) is 2.15. The molecule has 1 heterocycles. The molecular weight excluding hydrogens is 250 g/mol. The predicted octanol–water partition coefficient (Wildman–Crippen LogP) is 0.887. The van der Waals surface area contributed by atoms with Gasteiger partial charge in [0.25, 0.3) is 0 Å². The Morgan fingerprint density at radius 1 is 1.67 bits per heavy atom. The molecule has 1 unspecified atom stereocenters. The third-order valence-corrected chi connectivity index (χ3v) is 3.70. The van der Waals surface area contributed by atoms with Gasteiger partial charge in [-0.05, 0) is 19.1 Å². The van der Waals surface area contributed by atoms with E-state index >= 15 is 0 Å². The van der Waals surface area contributed by atoms with Gasteiger partial charge in [-0.1, -0.05) is 6.92 Å². The second-order valence-electron chi connectivity index (χ2n) is 4.51. The van der Waals surface area contributed by atoms with Crippen molar-refractivity contribution in [1.29, 1.82) is 0 Å². The summed E-state index contributed by atoms with van der Waals surface area (Å²) in [4.78, 5) is 11.5. The quantitative estimate of drug-likeness (QED) is 0.723. The first-order chi connectivity index (χ1) is 8.45. The van der Waals surface area contributed by atoms with Gasteiger partial charge in [0.05, 0.1) is 18.5 Å². The lowest BCUT2D eigenvalue weighted by Crippen LogP contribution is -2.39. The SMILES string of the molecule is CCCSCC(=O)NCC(C)(O)c1cnn(C)c1. The van der Waals surface area contributed by atoms with Crippen molar-refractivity contribution in [2.24, 2.45) is 7.05 Å². The van der Waals surface area contributed by atoms with E-state index in [0.717, 1.165) is 12.2 Å². The first-order valence-corrected chi connectivity index (χ1v) is 7.17. The monoisotopic (exact) mass is 271 g/mol. The minimum Gasteiger partial charge on any atom is -0.383 e. The van der Waals surface area contributed by atoms with Crippen molar-refractivity contribution < 1.29 is 9.90 Å². The zero-order valence-corrected chi connectivity index (χ0v) is 12.0. The fraction of sp³-hybridized carbons (Fsp3) is 0.667. The van der Waals surface area contributed by atoms with E-state index in [1.54, 1.807) is 42.8 Å². The summed E-state index contributed by atoms with van der Waals surface area (Å²) in [6.45, 7) is 3.95. The number of nitrogens with one attached hydrogen (secondary N) is 1. The number of rotatable bonds is 7. The van der Waals surface area contributed by atoms with E-state index in [2.05, 4.69) is 17.3 Å². The highest BCUT2D eigenvalue weighted by atomic mass is 32.2. The molecule has 1 amide bonds. The van der Waals surface area contributed by atoms with Crippen LogP contribution in [0, 0.1) is 0 Å². The van der Waals surface area contributed by atoms with Gasteiger partial charge < -0.3 is 10.4 Å². The number of aromatic nitrogens is 2. The number of carbonyl (C=O) groups excluding carboxylic acids is 1. The van der Waals surface area contributed by atoms with Crippen molar-refractivity contribution in [3.8, 4) is 0 Å². The summed E-state index contributed by atoms with van der Waals surface area (Å²) in [7, 11) is 1.79. The van der Waals surface area contributed by atoms with Crippen LogP contribution in [-0.4, -0.2) is 38.8 Å². The molecule has 2 N–H and O–H groups in total. The summed E-state index contributed by atoms with van der Waals surface area (Å²) >= 11 is 1.60. The molecule has 18 heavy (non-hydrogen) atoms. The Morgan fingerprint density at radius 2 is 2.39 bits per heavy atom. The Kier molecular flexibility index (Phi) is 5.68. The number of hydrogen-bond donors (Lipinski definition) is 2. The van der Waals surface area contributed by atoms with Crippen molar-refractivity contribution in [2.45, 2.75) is 25.9 Å². The minimum absolute atomic E-state index is 0.0439. The Balaban J connectivity index is 2.39. The molecule has 1 atom stereocenters. The Labute approximate surface area is 112 Å². The van der Waals surface area contributed by atoms with Gasteiger partial charge in [0.15, 0.2) is 0 Å². The molecule has 102 valence electrons. The summed E-state index contributed by atoms with van der Waals surface area (Å²) in [5, 5.41) is 17.0. The predicted molar refractivity (Wildman–Crippen MR) is 73.4 cm³/mol. The van der Waals surface area contributed by atoms with Crippen LogP contribution < -0.4 is 5.32 Å². The van der Waals surface area contributed by atoms with E-state index in [-0.39, 0.29) is 12.5 Å². The van der Waals surface area contributed by atoms with Crippen LogP contribution in [-0.2, 0) is 17.4 Å². The number of amides is 1. The van der Waals surface area contributed by atoms with Gasteiger partial charge >= 0.3 is 0 Å². The largest absolute Gasteiger partial charge is 0.383 e. The normalized spacial score (nSPS) is 14.2. The molecule has 0 fully saturated rings. The second-order valence-corrected chi connectivity index (χ2v) is 5.61. The molecule has 1 aromatic rings. The summed E-state index contributed by atoms with van der Waals surface area (Å²) in [5.74, 6) is 1.38.